The van der Waals surface area contributed by atoms with E-state index < -0.39 is 0 Å². The minimum atomic E-state index is 0. The summed E-state index contributed by atoms with van der Waals surface area (Å²) < 4.78 is 2.06. The molecule has 0 radical (unpaired) electrons. The molecule has 0 N–H and O–H groups in total. The third-order valence-electron chi connectivity index (χ3n) is 3.13. The van der Waals surface area contributed by atoms with Crippen molar-refractivity contribution in [1.29, 1.82) is 0 Å². The van der Waals surface area contributed by atoms with Gasteiger partial charge in [-0.15, -0.1) is 12.4 Å². The Morgan fingerprint density at radius 1 is 1.11 bits per heavy atom. The molecule has 19 heavy (non-hydrogen) atoms. The maximum absolute atomic E-state index is 5.07. The van der Waals surface area contributed by atoms with Gasteiger partial charge in [-0.2, -0.15) is 4.89 Å². The van der Waals surface area contributed by atoms with Crippen LogP contribution in [0.1, 0.15) is 5.56 Å². The lowest BCUT2D eigenvalue weighted by Crippen LogP contribution is -1.91. The Balaban J connectivity index is 0.00000110. The molecule has 2 aromatic carbocycles. The van der Waals surface area contributed by atoms with Gasteiger partial charge < -0.3 is 4.89 Å². The highest BCUT2D eigenvalue weighted by molar-refractivity contribution is 5.85. The van der Waals surface area contributed by atoms with Gasteiger partial charge in [-0.05, 0) is 18.2 Å². The van der Waals surface area contributed by atoms with E-state index in [-0.39, 0.29) is 12.4 Å². The Kier molecular flexibility index (Phi) is 2.89. The van der Waals surface area contributed by atoms with Crippen molar-refractivity contribution in [2.75, 3.05) is 0 Å². The van der Waals surface area contributed by atoms with Gasteiger partial charge in [0.15, 0.2) is 5.75 Å². The number of hydrogen-bond acceptors (Lipinski definition) is 3. The Labute approximate surface area is 115 Å². The van der Waals surface area contributed by atoms with Crippen molar-refractivity contribution in [2.24, 2.45) is 0 Å². The van der Waals surface area contributed by atoms with E-state index in [9.17, 15) is 0 Å². The van der Waals surface area contributed by atoms with E-state index in [2.05, 4.69) is 27.8 Å². The highest BCUT2D eigenvalue weighted by Crippen LogP contribution is 2.31. The van der Waals surface area contributed by atoms with Crippen molar-refractivity contribution >= 4 is 23.4 Å². The first kappa shape index (κ1) is 12.0. The molecule has 0 bridgehead atoms. The number of benzene rings is 2. The molecular formula is C14H11ClN2O2. The van der Waals surface area contributed by atoms with Crippen molar-refractivity contribution in [3.8, 4) is 11.4 Å². The van der Waals surface area contributed by atoms with Gasteiger partial charge in [0.05, 0.1) is 11.0 Å². The molecule has 0 amide bonds. The van der Waals surface area contributed by atoms with Crippen LogP contribution in [0.4, 0.5) is 0 Å². The third-order valence-corrected chi connectivity index (χ3v) is 3.13. The summed E-state index contributed by atoms with van der Waals surface area (Å²) in [7, 11) is 0. The molecule has 1 aliphatic rings. The molecule has 4 nitrogen and oxygen atoms in total. The molecule has 0 spiro atoms. The molecule has 0 fully saturated rings. The summed E-state index contributed by atoms with van der Waals surface area (Å²) in [5.41, 5.74) is 4.12. The van der Waals surface area contributed by atoms with Crippen LogP contribution in [0.2, 0.25) is 0 Å². The average molecular weight is 275 g/mol. The first-order valence-electron chi connectivity index (χ1n) is 5.77. The van der Waals surface area contributed by atoms with E-state index in [1.807, 2.05) is 30.6 Å². The smallest absolute Gasteiger partial charge is 0.173 e. The second-order valence-corrected chi connectivity index (χ2v) is 4.24. The predicted molar refractivity (Wildman–Crippen MR) is 73.7 cm³/mol. The Hall–Kier alpha value is -2.04. The monoisotopic (exact) mass is 274 g/mol. The summed E-state index contributed by atoms with van der Waals surface area (Å²) in [6.07, 6.45) is 1.83. The van der Waals surface area contributed by atoms with Crippen LogP contribution in [0, 0.1) is 0 Å². The summed E-state index contributed by atoms with van der Waals surface area (Å²) in [6, 6.07) is 14.1. The van der Waals surface area contributed by atoms with Crippen molar-refractivity contribution in [3.63, 3.8) is 0 Å². The van der Waals surface area contributed by atoms with Crippen LogP contribution in [0.25, 0.3) is 16.7 Å². The number of nitrogens with zero attached hydrogens (tertiary/aromatic N) is 2. The summed E-state index contributed by atoms with van der Waals surface area (Å²) in [4.78, 5) is 14.4. The minimum Gasteiger partial charge on any atom is -0.337 e. The van der Waals surface area contributed by atoms with Crippen LogP contribution in [0.5, 0.6) is 5.75 Å². The topological polar surface area (TPSA) is 36.3 Å². The van der Waals surface area contributed by atoms with Gasteiger partial charge >= 0.3 is 0 Å². The Morgan fingerprint density at radius 2 is 1.95 bits per heavy atom. The number of para-hydroxylation sites is 1. The van der Waals surface area contributed by atoms with Gasteiger partial charge in [0.25, 0.3) is 0 Å². The summed E-state index contributed by atoms with van der Waals surface area (Å²) in [6.45, 7) is 0.491. The molecule has 0 saturated carbocycles. The molecular weight excluding hydrogens is 264 g/mol. The van der Waals surface area contributed by atoms with Gasteiger partial charge in [0.2, 0.25) is 0 Å². The van der Waals surface area contributed by atoms with Crippen molar-refractivity contribution in [3.05, 3.63) is 54.4 Å². The number of imidazole rings is 1. The van der Waals surface area contributed by atoms with Crippen LogP contribution in [0.15, 0.2) is 48.8 Å². The molecule has 0 atom stereocenters. The first-order chi connectivity index (χ1) is 8.92. The Morgan fingerprint density at radius 3 is 2.79 bits per heavy atom. The molecule has 1 aromatic heterocycles. The lowest BCUT2D eigenvalue weighted by Gasteiger charge is -2.04. The van der Waals surface area contributed by atoms with Gasteiger partial charge in [-0.3, -0.25) is 4.57 Å². The molecule has 5 heteroatoms. The quantitative estimate of drug-likeness (QED) is 0.639. The van der Waals surface area contributed by atoms with E-state index >= 15 is 0 Å². The molecule has 4 rings (SSSR count). The van der Waals surface area contributed by atoms with Gasteiger partial charge in [-0.25, -0.2) is 4.98 Å². The number of rotatable bonds is 1. The van der Waals surface area contributed by atoms with Gasteiger partial charge in [-0.1, -0.05) is 18.2 Å². The van der Waals surface area contributed by atoms with E-state index in [1.54, 1.807) is 0 Å². The van der Waals surface area contributed by atoms with Crippen molar-refractivity contribution in [2.45, 2.75) is 6.61 Å². The maximum Gasteiger partial charge on any atom is 0.173 e. The zero-order valence-electron chi connectivity index (χ0n) is 9.95. The highest BCUT2D eigenvalue weighted by atomic mass is 35.5. The second kappa shape index (κ2) is 4.57. The number of halogens is 1. The zero-order chi connectivity index (χ0) is 11.9. The fourth-order valence-corrected chi connectivity index (χ4v) is 2.22. The van der Waals surface area contributed by atoms with Crippen LogP contribution in [-0.4, -0.2) is 9.55 Å². The van der Waals surface area contributed by atoms with Crippen molar-refractivity contribution < 1.29 is 9.78 Å². The standard InChI is InChI=1S/C14H10N2O2.ClH/c1-2-4-11(5-3-1)16-9-15-12-7-14-10(6-13(12)16)8-17-18-14;/h1-7,9H,8H2;1H. The summed E-state index contributed by atoms with van der Waals surface area (Å²) in [5.74, 6) is 0.765. The number of fused-ring (bicyclic) bond motifs is 2. The zero-order valence-corrected chi connectivity index (χ0v) is 10.8. The number of hydrogen-bond donors (Lipinski definition) is 0. The normalized spacial score (nSPS) is 12.8. The second-order valence-electron chi connectivity index (χ2n) is 4.24. The molecule has 96 valence electrons. The van der Waals surface area contributed by atoms with Crippen LogP contribution < -0.4 is 4.89 Å². The molecule has 0 aliphatic carbocycles. The van der Waals surface area contributed by atoms with Crippen molar-refractivity contribution in [1.82, 2.24) is 9.55 Å². The molecule has 3 aromatic rings. The molecule has 0 unspecified atom stereocenters. The lowest BCUT2D eigenvalue weighted by molar-refractivity contribution is -0.194. The lowest BCUT2D eigenvalue weighted by atomic mass is 10.2. The van der Waals surface area contributed by atoms with E-state index in [0.29, 0.717) is 6.61 Å². The average Bonchev–Trinajstić information content (AvgIpc) is 3.02. The molecule has 2 heterocycles. The van der Waals surface area contributed by atoms with Gasteiger partial charge in [0.1, 0.15) is 12.9 Å². The first-order valence-corrected chi connectivity index (χ1v) is 5.77. The molecule has 1 aliphatic heterocycles. The Bertz CT molecular complexity index is 725. The largest absolute Gasteiger partial charge is 0.337 e. The minimum absolute atomic E-state index is 0. The SMILES string of the molecule is Cl.c1ccc(-n2cnc3cc4c(cc32)COO4)cc1. The van der Waals surface area contributed by atoms with E-state index in [4.69, 9.17) is 9.78 Å². The predicted octanol–water partition coefficient (Wildman–Crippen LogP) is 3.27. The van der Waals surface area contributed by atoms with E-state index in [1.165, 1.54) is 0 Å². The number of aromatic nitrogens is 2. The van der Waals surface area contributed by atoms with Gasteiger partial charge in [0, 0.05) is 17.3 Å². The third kappa shape index (κ3) is 1.85. The summed E-state index contributed by atoms with van der Waals surface area (Å²) >= 11 is 0. The maximum atomic E-state index is 5.07. The van der Waals surface area contributed by atoms with E-state index in [0.717, 1.165) is 28.0 Å². The van der Waals surface area contributed by atoms with Crippen LogP contribution >= 0.6 is 12.4 Å². The van der Waals surface area contributed by atoms with Crippen LogP contribution in [-0.2, 0) is 11.5 Å². The molecule has 0 saturated heterocycles. The fraction of sp³-hybridized carbons (Fsp3) is 0.0714. The fourth-order valence-electron chi connectivity index (χ4n) is 2.22. The highest BCUT2D eigenvalue weighted by Gasteiger charge is 2.17. The van der Waals surface area contributed by atoms with Crippen LogP contribution in [0.3, 0.4) is 0 Å². The summed E-state index contributed by atoms with van der Waals surface area (Å²) in [5, 5.41) is 0.